The van der Waals surface area contributed by atoms with Gasteiger partial charge in [0, 0.05) is 43.5 Å². The quantitative estimate of drug-likeness (QED) is 0.828. The number of piperidine rings is 1. The third-order valence-corrected chi connectivity index (χ3v) is 6.53. The number of rotatable bonds is 4. The molecule has 7 heteroatoms. The summed E-state index contributed by atoms with van der Waals surface area (Å²) in [6.45, 7) is 2.40. The number of anilines is 1. The molecule has 4 rings (SSSR count). The van der Waals surface area contributed by atoms with Gasteiger partial charge in [-0.05, 0) is 61.8 Å². The highest BCUT2D eigenvalue weighted by atomic mass is 16.5. The second kappa shape index (κ2) is 7.54. The summed E-state index contributed by atoms with van der Waals surface area (Å²) >= 11 is 0. The average Bonchev–Trinajstić information content (AvgIpc) is 3.41. The first-order valence-corrected chi connectivity index (χ1v) is 9.99. The third kappa shape index (κ3) is 3.76. The van der Waals surface area contributed by atoms with Crippen LogP contribution in [0.2, 0.25) is 0 Å². The summed E-state index contributed by atoms with van der Waals surface area (Å²) in [6.07, 6.45) is 3.83. The van der Waals surface area contributed by atoms with Gasteiger partial charge in [-0.2, -0.15) is 0 Å². The number of ether oxygens (including phenoxy) is 1. The lowest BCUT2D eigenvalue weighted by Gasteiger charge is -2.30. The standard InChI is InChI=1S/C21H26N2O5/c24-18(17-13-21(17)7-11-28-12-8-21)22-16-3-1-14(2-4-16)19(25)23-9-5-15(6-10-23)20(26)27/h1-4,15,17H,5-13H2,(H,22,24)(H,26,27). The molecule has 1 aliphatic carbocycles. The van der Waals surface area contributed by atoms with Crippen molar-refractivity contribution in [2.75, 3.05) is 31.6 Å². The zero-order valence-corrected chi connectivity index (χ0v) is 15.9. The van der Waals surface area contributed by atoms with Crippen LogP contribution in [0.25, 0.3) is 0 Å². The van der Waals surface area contributed by atoms with Crippen molar-refractivity contribution in [3.05, 3.63) is 29.8 Å². The number of carboxylic acid groups (broad SMARTS) is 1. The molecule has 0 bridgehead atoms. The topological polar surface area (TPSA) is 95.9 Å². The molecule has 3 fully saturated rings. The summed E-state index contributed by atoms with van der Waals surface area (Å²) in [4.78, 5) is 37.9. The van der Waals surface area contributed by atoms with Crippen LogP contribution in [0.15, 0.2) is 24.3 Å². The summed E-state index contributed by atoms with van der Waals surface area (Å²) in [5.74, 6) is -1.12. The summed E-state index contributed by atoms with van der Waals surface area (Å²) < 4.78 is 5.40. The van der Waals surface area contributed by atoms with E-state index in [1.165, 1.54) is 0 Å². The van der Waals surface area contributed by atoms with Gasteiger partial charge in [0.2, 0.25) is 5.91 Å². The van der Waals surface area contributed by atoms with Gasteiger partial charge < -0.3 is 20.1 Å². The first-order chi connectivity index (χ1) is 13.5. The predicted molar refractivity (Wildman–Crippen MR) is 102 cm³/mol. The Labute approximate surface area is 164 Å². The fourth-order valence-electron chi connectivity index (χ4n) is 4.49. The molecule has 0 aromatic heterocycles. The highest BCUT2D eigenvalue weighted by molar-refractivity contribution is 5.97. The second-order valence-corrected chi connectivity index (χ2v) is 8.20. The summed E-state index contributed by atoms with van der Waals surface area (Å²) in [5.41, 5.74) is 1.39. The molecule has 1 aromatic rings. The molecule has 1 aromatic carbocycles. The molecule has 150 valence electrons. The molecule has 2 saturated heterocycles. The van der Waals surface area contributed by atoms with Gasteiger partial charge in [0.25, 0.3) is 5.91 Å². The van der Waals surface area contributed by atoms with Crippen molar-refractivity contribution in [3.8, 4) is 0 Å². The van der Waals surface area contributed by atoms with Gasteiger partial charge in [-0.25, -0.2) is 0 Å². The second-order valence-electron chi connectivity index (χ2n) is 8.20. The lowest BCUT2D eigenvalue weighted by molar-refractivity contribution is -0.143. The average molecular weight is 386 g/mol. The molecule has 28 heavy (non-hydrogen) atoms. The van der Waals surface area contributed by atoms with Gasteiger partial charge in [-0.1, -0.05) is 0 Å². The Hall–Kier alpha value is -2.41. The maximum absolute atomic E-state index is 12.6. The van der Waals surface area contributed by atoms with Crippen molar-refractivity contribution in [3.63, 3.8) is 0 Å². The summed E-state index contributed by atoms with van der Waals surface area (Å²) in [7, 11) is 0. The molecule has 1 spiro atoms. The fraction of sp³-hybridized carbons (Fsp3) is 0.571. The molecule has 2 amide bonds. The Balaban J connectivity index is 1.31. The van der Waals surface area contributed by atoms with E-state index < -0.39 is 5.97 Å². The number of nitrogens with zero attached hydrogens (tertiary/aromatic N) is 1. The van der Waals surface area contributed by atoms with Crippen LogP contribution in [-0.4, -0.2) is 54.1 Å². The minimum absolute atomic E-state index is 0.0525. The van der Waals surface area contributed by atoms with Crippen LogP contribution in [-0.2, 0) is 14.3 Å². The zero-order chi connectivity index (χ0) is 19.7. The van der Waals surface area contributed by atoms with E-state index in [0.717, 1.165) is 32.5 Å². The number of benzene rings is 1. The van der Waals surface area contributed by atoms with Crippen molar-refractivity contribution >= 4 is 23.5 Å². The van der Waals surface area contributed by atoms with Crippen LogP contribution in [0.3, 0.4) is 0 Å². The molecular weight excluding hydrogens is 360 g/mol. The van der Waals surface area contributed by atoms with E-state index in [-0.39, 0.29) is 29.1 Å². The monoisotopic (exact) mass is 386 g/mol. The smallest absolute Gasteiger partial charge is 0.306 e. The summed E-state index contributed by atoms with van der Waals surface area (Å²) in [6, 6.07) is 6.96. The molecule has 1 atom stereocenters. The molecule has 1 unspecified atom stereocenters. The van der Waals surface area contributed by atoms with Gasteiger partial charge in [-0.15, -0.1) is 0 Å². The molecule has 3 aliphatic rings. The van der Waals surface area contributed by atoms with E-state index in [1.54, 1.807) is 29.2 Å². The van der Waals surface area contributed by atoms with E-state index in [0.29, 0.717) is 37.2 Å². The number of carbonyl (C=O) groups excluding carboxylic acids is 2. The van der Waals surface area contributed by atoms with Gasteiger partial charge in [0.15, 0.2) is 0 Å². The van der Waals surface area contributed by atoms with Crippen molar-refractivity contribution in [2.24, 2.45) is 17.3 Å². The molecule has 1 saturated carbocycles. The maximum atomic E-state index is 12.6. The Morgan fingerprint density at radius 3 is 2.32 bits per heavy atom. The van der Waals surface area contributed by atoms with Crippen LogP contribution in [0, 0.1) is 17.3 Å². The number of nitrogens with one attached hydrogen (secondary N) is 1. The molecule has 2 aliphatic heterocycles. The van der Waals surface area contributed by atoms with Gasteiger partial charge >= 0.3 is 5.97 Å². The lowest BCUT2D eigenvalue weighted by atomic mass is 9.93. The van der Waals surface area contributed by atoms with Crippen molar-refractivity contribution in [2.45, 2.75) is 32.1 Å². The van der Waals surface area contributed by atoms with Crippen molar-refractivity contribution < 1.29 is 24.2 Å². The number of hydrogen-bond acceptors (Lipinski definition) is 4. The minimum Gasteiger partial charge on any atom is -0.481 e. The van der Waals surface area contributed by atoms with E-state index in [1.807, 2.05) is 0 Å². The first kappa shape index (κ1) is 18.9. The van der Waals surface area contributed by atoms with Crippen LogP contribution in [0.1, 0.15) is 42.5 Å². The molecular formula is C21H26N2O5. The minimum atomic E-state index is -0.787. The van der Waals surface area contributed by atoms with Gasteiger partial charge in [-0.3, -0.25) is 14.4 Å². The lowest BCUT2D eigenvalue weighted by Crippen LogP contribution is -2.40. The molecule has 7 nitrogen and oxygen atoms in total. The maximum Gasteiger partial charge on any atom is 0.306 e. The van der Waals surface area contributed by atoms with Gasteiger partial charge in [0.1, 0.15) is 0 Å². The first-order valence-electron chi connectivity index (χ1n) is 9.99. The van der Waals surface area contributed by atoms with Crippen molar-refractivity contribution in [1.29, 1.82) is 0 Å². The fourth-order valence-corrected chi connectivity index (χ4v) is 4.49. The number of carboxylic acids is 1. The van der Waals surface area contributed by atoms with E-state index in [4.69, 9.17) is 9.84 Å². The zero-order valence-electron chi connectivity index (χ0n) is 15.9. The normalized spacial score (nSPS) is 24.0. The van der Waals surface area contributed by atoms with E-state index >= 15 is 0 Å². The van der Waals surface area contributed by atoms with Crippen LogP contribution in [0.5, 0.6) is 0 Å². The Kier molecular flexibility index (Phi) is 5.10. The number of aliphatic carboxylic acids is 1. The number of likely N-dealkylation sites (tertiary alicyclic amines) is 1. The predicted octanol–water partition coefficient (Wildman–Crippen LogP) is 2.38. The van der Waals surface area contributed by atoms with E-state index in [2.05, 4.69) is 5.32 Å². The Morgan fingerprint density at radius 1 is 1.07 bits per heavy atom. The highest BCUT2D eigenvalue weighted by Crippen LogP contribution is 2.59. The van der Waals surface area contributed by atoms with Crippen molar-refractivity contribution in [1.82, 2.24) is 4.90 Å². The highest BCUT2D eigenvalue weighted by Gasteiger charge is 2.57. The number of hydrogen-bond donors (Lipinski definition) is 2. The third-order valence-electron chi connectivity index (χ3n) is 6.53. The van der Waals surface area contributed by atoms with E-state index in [9.17, 15) is 14.4 Å². The van der Waals surface area contributed by atoms with Gasteiger partial charge in [0.05, 0.1) is 5.92 Å². The number of amides is 2. The Morgan fingerprint density at radius 2 is 1.71 bits per heavy atom. The Bertz CT molecular complexity index is 762. The van der Waals surface area contributed by atoms with Crippen LogP contribution < -0.4 is 5.32 Å². The largest absolute Gasteiger partial charge is 0.481 e. The molecule has 2 N–H and O–H groups in total. The van der Waals surface area contributed by atoms with Crippen LogP contribution >= 0.6 is 0 Å². The molecule has 2 heterocycles. The number of carbonyl (C=O) groups is 3. The summed E-state index contributed by atoms with van der Waals surface area (Å²) in [5, 5.41) is 12.0. The molecule has 0 radical (unpaired) electrons. The SMILES string of the molecule is O=C(O)C1CCN(C(=O)c2ccc(NC(=O)C3CC34CCOCC4)cc2)CC1. The van der Waals surface area contributed by atoms with Crippen LogP contribution in [0.4, 0.5) is 5.69 Å².